The van der Waals surface area contributed by atoms with Crippen LogP contribution in [0.5, 0.6) is 17.2 Å². The van der Waals surface area contributed by atoms with Crippen LogP contribution in [0.1, 0.15) is 21.6 Å². The van der Waals surface area contributed by atoms with Crippen LogP contribution in [0.4, 0.5) is 5.69 Å². The largest absolute Gasteiger partial charge is 0.493 e. The molecular formula is C21H16N2O7. The predicted octanol–water partition coefficient (Wildman–Crippen LogP) is 3.27. The zero-order chi connectivity index (χ0) is 21.8. The van der Waals surface area contributed by atoms with Gasteiger partial charge in [-0.15, -0.1) is 0 Å². The van der Waals surface area contributed by atoms with Crippen LogP contribution in [-0.2, 0) is 0 Å². The van der Waals surface area contributed by atoms with Gasteiger partial charge in [0.05, 0.1) is 26.3 Å². The van der Waals surface area contributed by atoms with Gasteiger partial charge in [-0.2, -0.15) is 0 Å². The Morgan fingerprint density at radius 1 is 1.07 bits per heavy atom. The number of nitro groups is 1. The van der Waals surface area contributed by atoms with Crippen molar-refractivity contribution >= 4 is 22.6 Å². The molecule has 0 fully saturated rings. The van der Waals surface area contributed by atoms with E-state index in [1.165, 1.54) is 39.5 Å². The van der Waals surface area contributed by atoms with E-state index in [0.717, 1.165) is 0 Å². The first kappa shape index (κ1) is 20.4. The molecule has 152 valence electrons. The number of hydrogen-bond acceptors (Lipinski definition) is 7. The summed E-state index contributed by atoms with van der Waals surface area (Å²) in [6, 6.07) is 8.90. The number of rotatable bonds is 5. The van der Waals surface area contributed by atoms with Gasteiger partial charge < -0.3 is 19.3 Å². The highest BCUT2D eigenvalue weighted by Crippen LogP contribution is 2.38. The number of carboxylic acid groups (broad SMARTS) is 1. The molecule has 0 aliphatic carbocycles. The summed E-state index contributed by atoms with van der Waals surface area (Å²) in [6.45, 7) is 0. The molecule has 0 amide bonds. The van der Waals surface area contributed by atoms with Crippen molar-refractivity contribution in [1.82, 2.24) is 4.98 Å². The monoisotopic (exact) mass is 408 g/mol. The number of methoxy groups -OCH3 is 3. The van der Waals surface area contributed by atoms with E-state index in [4.69, 9.17) is 14.2 Å². The smallest absolute Gasteiger partial charge is 0.354 e. The Kier molecular flexibility index (Phi) is 5.69. The number of fused-ring (bicyclic) bond motifs is 1. The lowest BCUT2D eigenvalue weighted by Gasteiger charge is -2.12. The van der Waals surface area contributed by atoms with Gasteiger partial charge in [-0.3, -0.25) is 10.1 Å². The number of carboxylic acids is 1. The van der Waals surface area contributed by atoms with Crippen molar-refractivity contribution in [3.05, 3.63) is 63.3 Å². The van der Waals surface area contributed by atoms with Gasteiger partial charge in [0.15, 0.2) is 11.5 Å². The minimum atomic E-state index is -1.31. The fourth-order valence-corrected chi connectivity index (χ4v) is 2.89. The van der Waals surface area contributed by atoms with Crippen LogP contribution < -0.4 is 14.2 Å². The minimum Gasteiger partial charge on any atom is -0.493 e. The van der Waals surface area contributed by atoms with Crippen LogP contribution in [0, 0.1) is 22.0 Å². The number of pyridine rings is 1. The second-order valence-electron chi connectivity index (χ2n) is 5.95. The highest BCUT2D eigenvalue weighted by molar-refractivity contribution is 5.96. The van der Waals surface area contributed by atoms with E-state index < -0.39 is 10.9 Å². The maximum absolute atomic E-state index is 11.5. The fraction of sp³-hybridized carbons (Fsp3) is 0.143. The Bertz CT molecular complexity index is 1200. The number of ether oxygens (including phenoxy) is 3. The van der Waals surface area contributed by atoms with E-state index in [1.54, 1.807) is 18.2 Å². The normalized spacial score (nSPS) is 10.1. The second-order valence-corrected chi connectivity index (χ2v) is 5.95. The summed E-state index contributed by atoms with van der Waals surface area (Å²) >= 11 is 0. The summed E-state index contributed by atoms with van der Waals surface area (Å²) < 4.78 is 15.9. The number of carbonyl (C=O) groups is 1. The van der Waals surface area contributed by atoms with Gasteiger partial charge in [-0.05, 0) is 18.2 Å². The number of para-hydroxylation sites is 1. The van der Waals surface area contributed by atoms with Gasteiger partial charge in [0.25, 0.3) is 5.69 Å². The number of non-ortho nitro benzene ring substituents is 1. The summed E-state index contributed by atoms with van der Waals surface area (Å²) in [4.78, 5) is 26.1. The topological polar surface area (TPSA) is 121 Å². The van der Waals surface area contributed by atoms with Crippen molar-refractivity contribution < 1.29 is 29.0 Å². The third kappa shape index (κ3) is 3.79. The molecule has 3 aromatic rings. The van der Waals surface area contributed by atoms with Crippen molar-refractivity contribution in [2.75, 3.05) is 21.3 Å². The number of benzene rings is 2. The molecule has 1 N–H and O–H groups in total. The van der Waals surface area contributed by atoms with Crippen LogP contribution >= 0.6 is 0 Å². The lowest BCUT2D eigenvalue weighted by atomic mass is 10.1. The molecule has 0 spiro atoms. The van der Waals surface area contributed by atoms with Gasteiger partial charge in [0, 0.05) is 22.6 Å². The van der Waals surface area contributed by atoms with Crippen LogP contribution in [0.15, 0.2) is 36.4 Å². The molecule has 30 heavy (non-hydrogen) atoms. The number of hydrogen-bond donors (Lipinski definition) is 1. The highest BCUT2D eigenvalue weighted by Gasteiger charge is 2.18. The van der Waals surface area contributed by atoms with Crippen LogP contribution in [0.3, 0.4) is 0 Å². The van der Waals surface area contributed by atoms with Gasteiger partial charge in [-0.1, -0.05) is 24.0 Å². The molecular weight excluding hydrogens is 392 g/mol. The Labute approximate surface area is 171 Å². The van der Waals surface area contributed by atoms with Gasteiger partial charge in [-0.25, -0.2) is 9.78 Å². The maximum atomic E-state index is 11.5. The number of aromatic carboxylic acids is 1. The minimum absolute atomic E-state index is 0.0448. The molecule has 2 aromatic carbocycles. The summed E-state index contributed by atoms with van der Waals surface area (Å²) in [5.41, 5.74) is 0.112. The van der Waals surface area contributed by atoms with Crippen LogP contribution in [0.2, 0.25) is 0 Å². The van der Waals surface area contributed by atoms with E-state index in [0.29, 0.717) is 28.2 Å². The zero-order valence-electron chi connectivity index (χ0n) is 16.3. The molecule has 0 aliphatic rings. The molecule has 0 bridgehead atoms. The average Bonchev–Trinajstić information content (AvgIpc) is 2.75. The second kappa shape index (κ2) is 8.36. The molecule has 0 radical (unpaired) electrons. The number of nitrogens with zero attached hydrogens (tertiary/aromatic N) is 2. The standard InChI is InChI=1S/C21H16N2O7/c1-28-17-9-12(10-18(29-2)20(17)30-3)7-8-13-11-15(21(24)25)22-19-14(13)5-4-6-16(19)23(26)27/h4-6,9-11H,1-3H3,(H,24,25). The Hall–Kier alpha value is -4.32. The van der Waals surface area contributed by atoms with E-state index in [-0.39, 0.29) is 22.5 Å². The van der Waals surface area contributed by atoms with Crippen molar-refractivity contribution in [3.63, 3.8) is 0 Å². The molecule has 0 saturated heterocycles. The molecule has 0 saturated carbocycles. The lowest BCUT2D eigenvalue weighted by molar-refractivity contribution is -0.383. The van der Waals surface area contributed by atoms with Crippen molar-refractivity contribution in [2.45, 2.75) is 0 Å². The molecule has 9 heteroatoms. The van der Waals surface area contributed by atoms with E-state index in [9.17, 15) is 20.0 Å². The third-order valence-corrected chi connectivity index (χ3v) is 4.24. The fourth-order valence-electron chi connectivity index (χ4n) is 2.89. The highest BCUT2D eigenvalue weighted by atomic mass is 16.6. The Morgan fingerprint density at radius 2 is 1.73 bits per heavy atom. The first-order valence-corrected chi connectivity index (χ1v) is 8.53. The summed E-state index contributed by atoms with van der Waals surface area (Å²) in [6.07, 6.45) is 0. The molecule has 9 nitrogen and oxygen atoms in total. The molecule has 1 heterocycles. The summed E-state index contributed by atoms with van der Waals surface area (Å²) in [5.74, 6) is 5.69. The van der Waals surface area contributed by atoms with Crippen LogP contribution in [0.25, 0.3) is 10.9 Å². The predicted molar refractivity (Wildman–Crippen MR) is 107 cm³/mol. The molecule has 0 aliphatic heterocycles. The summed E-state index contributed by atoms with van der Waals surface area (Å²) in [5, 5.41) is 21.1. The zero-order valence-corrected chi connectivity index (χ0v) is 16.3. The SMILES string of the molecule is COc1cc(C#Cc2cc(C(=O)O)nc3c([N+](=O)[O-])cccc23)cc(OC)c1OC. The van der Waals surface area contributed by atoms with Crippen molar-refractivity contribution in [2.24, 2.45) is 0 Å². The van der Waals surface area contributed by atoms with E-state index >= 15 is 0 Å². The number of aromatic nitrogens is 1. The average molecular weight is 408 g/mol. The van der Waals surface area contributed by atoms with Crippen molar-refractivity contribution in [1.29, 1.82) is 0 Å². The molecule has 0 atom stereocenters. The first-order valence-electron chi connectivity index (χ1n) is 8.53. The van der Waals surface area contributed by atoms with Gasteiger partial charge in [0.1, 0.15) is 11.2 Å². The third-order valence-electron chi connectivity index (χ3n) is 4.24. The Morgan fingerprint density at radius 3 is 2.27 bits per heavy atom. The maximum Gasteiger partial charge on any atom is 0.354 e. The van der Waals surface area contributed by atoms with E-state index in [2.05, 4.69) is 16.8 Å². The molecule has 0 unspecified atom stereocenters. The quantitative estimate of drug-likeness (QED) is 0.388. The Balaban J connectivity index is 2.23. The van der Waals surface area contributed by atoms with Gasteiger partial charge in [0.2, 0.25) is 5.75 Å². The van der Waals surface area contributed by atoms with E-state index in [1.807, 2.05) is 0 Å². The first-order chi connectivity index (χ1) is 14.4. The lowest BCUT2D eigenvalue weighted by Crippen LogP contribution is -2.03. The van der Waals surface area contributed by atoms with Gasteiger partial charge >= 0.3 is 5.97 Å². The summed E-state index contributed by atoms with van der Waals surface area (Å²) in [7, 11) is 4.43. The number of nitro benzene ring substituents is 1. The van der Waals surface area contributed by atoms with Crippen molar-refractivity contribution in [3.8, 4) is 29.1 Å². The molecule has 3 rings (SSSR count). The van der Waals surface area contributed by atoms with Crippen LogP contribution in [-0.4, -0.2) is 42.3 Å². The molecule has 1 aromatic heterocycles.